The number of unbranched alkanes of at least 4 members (excludes halogenated alkanes) is 2. The van der Waals surface area contributed by atoms with Crippen LogP contribution in [-0.2, 0) is 4.79 Å². The topological polar surface area (TPSA) is 70.2 Å². The molecule has 0 aliphatic rings. The number of fused-ring (bicyclic) bond motifs is 1. The van der Waals surface area contributed by atoms with Gasteiger partial charge in [0.05, 0.1) is 0 Å². The molecular weight excluding hydrogens is 458 g/mol. The van der Waals surface area contributed by atoms with Crippen LogP contribution in [0, 0.1) is 13.8 Å². The summed E-state index contributed by atoms with van der Waals surface area (Å²) in [4.78, 5) is 24.4. The smallest absolute Gasteiger partial charge is 0.300 e. The number of rotatable bonds is 7. The number of ketones is 1. The number of benzene rings is 3. The van der Waals surface area contributed by atoms with E-state index in [4.69, 9.17) is 9.90 Å². The van der Waals surface area contributed by atoms with Gasteiger partial charge in [0.1, 0.15) is 0 Å². The molecule has 0 spiro atoms. The van der Waals surface area contributed by atoms with Crippen molar-refractivity contribution in [1.82, 2.24) is 4.98 Å². The summed E-state index contributed by atoms with van der Waals surface area (Å²) < 4.78 is 0. The van der Waals surface area contributed by atoms with E-state index < -0.39 is 5.97 Å². The van der Waals surface area contributed by atoms with Gasteiger partial charge in [-0.05, 0) is 50.3 Å². The zero-order valence-corrected chi connectivity index (χ0v) is 23.1. The molecule has 4 nitrogen and oxygen atoms in total. The predicted molar refractivity (Wildman–Crippen MR) is 156 cm³/mol. The lowest BCUT2D eigenvalue weighted by molar-refractivity contribution is -0.134. The third kappa shape index (κ3) is 9.38. The number of Topliss-reactive ketones (excluding diaryl/α,β-unsaturated/α-hetero) is 1. The molecule has 3 aromatic carbocycles. The number of carbonyl (C=O) groups excluding carboxylic acids is 1. The highest BCUT2D eigenvalue weighted by atomic mass is 16.4. The number of carboxylic acid groups (broad SMARTS) is 1. The van der Waals surface area contributed by atoms with Crippen molar-refractivity contribution in [2.24, 2.45) is 0 Å². The van der Waals surface area contributed by atoms with E-state index in [9.17, 15) is 4.79 Å². The lowest BCUT2D eigenvalue weighted by Crippen LogP contribution is -1.96. The maximum absolute atomic E-state index is 11.8. The standard InChI is InChI=1S/C24H29NO.C7H8.C2H4O2/c1-5-6-7-8-17(3)23-21-14-13-20(18(4)26)15-22(21)25-24(23)19-11-9-16(2)10-12-19;1-7-5-3-2-4-6-7;1-2(3)4/h9-15,17,25H,5-8H2,1-4H3;2-6H,1H3;1H3,(H,3,4). The van der Waals surface area contributed by atoms with Crippen LogP contribution >= 0.6 is 0 Å². The number of carbonyl (C=O) groups is 2. The summed E-state index contributed by atoms with van der Waals surface area (Å²) >= 11 is 0. The van der Waals surface area contributed by atoms with Crippen molar-refractivity contribution in [1.29, 1.82) is 0 Å². The Bertz CT molecular complexity index is 1270. The summed E-state index contributed by atoms with van der Waals surface area (Å²) in [5.41, 5.74) is 8.21. The fourth-order valence-corrected chi connectivity index (χ4v) is 4.28. The molecule has 37 heavy (non-hydrogen) atoms. The van der Waals surface area contributed by atoms with Crippen molar-refractivity contribution in [3.8, 4) is 11.3 Å². The minimum atomic E-state index is -0.833. The number of H-pyrrole nitrogens is 1. The Morgan fingerprint density at radius 2 is 1.46 bits per heavy atom. The van der Waals surface area contributed by atoms with Crippen LogP contribution < -0.4 is 0 Å². The van der Waals surface area contributed by atoms with Gasteiger partial charge in [0.25, 0.3) is 5.97 Å². The molecule has 2 N–H and O–H groups in total. The van der Waals surface area contributed by atoms with Crippen molar-refractivity contribution in [2.75, 3.05) is 0 Å². The fourth-order valence-electron chi connectivity index (χ4n) is 4.28. The third-order valence-corrected chi connectivity index (χ3v) is 6.26. The molecule has 0 amide bonds. The van der Waals surface area contributed by atoms with Crippen LogP contribution in [0.25, 0.3) is 22.2 Å². The van der Waals surface area contributed by atoms with E-state index in [0.717, 1.165) is 18.0 Å². The first-order chi connectivity index (χ1) is 17.6. The van der Waals surface area contributed by atoms with Crippen LogP contribution in [-0.4, -0.2) is 21.8 Å². The lowest BCUT2D eigenvalue weighted by Gasteiger charge is -2.14. The Labute approximate surface area is 221 Å². The molecule has 1 heterocycles. The maximum atomic E-state index is 11.8. The van der Waals surface area contributed by atoms with Crippen LogP contribution in [0.1, 0.15) is 86.3 Å². The zero-order valence-electron chi connectivity index (χ0n) is 23.1. The lowest BCUT2D eigenvalue weighted by atomic mass is 9.90. The molecule has 0 saturated heterocycles. The summed E-state index contributed by atoms with van der Waals surface area (Å²) in [6.45, 7) is 11.5. The van der Waals surface area contributed by atoms with E-state index >= 15 is 0 Å². The highest BCUT2D eigenvalue weighted by Crippen LogP contribution is 2.38. The zero-order chi connectivity index (χ0) is 27.4. The molecule has 1 unspecified atom stereocenters. The molecule has 0 bridgehead atoms. The normalized spacial score (nSPS) is 11.1. The van der Waals surface area contributed by atoms with Gasteiger partial charge in [-0.15, -0.1) is 0 Å². The SMILES string of the molecule is CC(=O)O.CCCCCC(C)c1c(-c2ccc(C)cc2)[nH]c2cc(C(C)=O)ccc12.Cc1ccccc1. The van der Waals surface area contributed by atoms with Gasteiger partial charge in [-0.1, -0.05) is 111 Å². The third-order valence-electron chi connectivity index (χ3n) is 6.26. The van der Waals surface area contributed by atoms with Crippen LogP contribution in [0.2, 0.25) is 0 Å². The molecule has 0 radical (unpaired) electrons. The Hall–Kier alpha value is -3.66. The van der Waals surface area contributed by atoms with E-state index in [1.54, 1.807) is 6.92 Å². The number of aryl methyl sites for hydroxylation is 2. The summed E-state index contributed by atoms with van der Waals surface area (Å²) in [6.07, 6.45) is 4.96. The van der Waals surface area contributed by atoms with Crippen molar-refractivity contribution in [2.45, 2.75) is 73.1 Å². The van der Waals surface area contributed by atoms with Crippen LogP contribution in [0.4, 0.5) is 0 Å². The molecule has 4 aromatic rings. The molecule has 0 fully saturated rings. The number of nitrogens with one attached hydrogen (secondary N) is 1. The monoisotopic (exact) mass is 499 g/mol. The number of aromatic nitrogens is 1. The summed E-state index contributed by atoms with van der Waals surface area (Å²) in [5, 5.41) is 8.66. The predicted octanol–water partition coefficient (Wildman–Crippen LogP) is 9.12. The first-order valence-corrected chi connectivity index (χ1v) is 13.1. The quantitative estimate of drug-likeness (QED) is 0.197. The van der Waals surface area contributed by atoms with Gasteiger partial charge in [-0.3, -0.25) is 9.59 Å². The Morgan fingerprint density at radius 3 is 1.97 bits per heavy atom. The average Bonchev–Trinajstić information content (AvgIpc) is 3.24. The average molecular weight is 500 g/mol. The van der Waals surface area contributed by atoms with Gasteiger partial charge in [0, 0.05) is 29.1 Å². The van der Waals surface area contributed by atoms with E-state index in [1.165, 1.54) is 59.0 Å². The number of aromatic amines is 1. The minimum absolute atomic E-state index is 0.107. The number of hydrogen-bond donors (Lipinski definition) is 2. The van der Waals surface area contributed by atoms with Crippen molar-refractivity contribution >= 4 is 22.7 Å². The molecular formula is C33H41NO3. The minimum Gasteiger partial charge on any atom is -0.481 e. The highest BCUT2D eigenvalue weighted by Gasteiger charge is 2.19. The highest BCUT2D eigenvalue weighted by molar-refractivity contribution is 6.00. The van der Waals surface area contributed by atoms with Crippen molar-refractivity contribution in [3.63, 3.8) is 0 Å². The summed E-state index contributed by atoms with van der Waals surface area (Å²) in [7, 11) is 0. The van der Waals surface area contributed by atoms with Gasteiger partial charge in [0.2, 0.25) is 0 Å². The molecule has 1 aromatic heterocycles. The van der Waals surface area contributed by atoms with Crippen LogP contribution in [0.3, 0.4) is 0 Å². The van der Waals surface area contributed by atoms with Gasteiger partial charge in [0.15, 0.2) is 5.78 Å². The van der Waals surface area contributed by atoms with E-state index in [0.29, 0.717) is 5.92 Å². The first-order valence-electron chi connectivity index (χ1n) is 13.1. The molecule has 4 heteroatoms. The number of aliphatic carboxylic acids is 1. The number of hydrogen-bond acceptors (Lipinski definition) is 2. The Morgan fingerprint density at radius 1 is 0.865 bits per heavy atom. The first kappa shape index (κ1) is 29.6. The molecule has 0 aliphatic heterocycles. The maximum Gasteiger partial charge on any atom is 0.300 e. The molecule has 0 aliphatic carbocycles. The van der Waals surface area contributed by atoms with Gasteiger partial charge < -0.3 is 10.1 Å². The van der Waals surface area contributed by atoms with Crippen LogP contribution in [0.5, 0.6) is 0 Å². The summed E-state index contributed by atoms with van der Waals surface area (Å²) in [6, 6.07) is 25.0. The largest absolute Gasteiger partial charge is 0.481 e. The van der Waals surface area contributed by atoms with E-state index in [2.05, 4.69) is 75.1 Å². The molecule has 0 saturated carbocycles. The van der Waals surface area contributed by atoms with Gasteiger partial charge >= 0.3 is 0 Å². The molecule has 196 valence electrons. The van der Waals surface area contributed by atoms with Crippen LogP contribution in [0.15, 0.2) is 72.8 Å². The Balaban J connectivity index is 0.000000363. The number of carboxylic acids is 1. The second-order valence-corrected chi connectivity index (χ2v) is 9.67. The molecule has 1 atom stereocenters. The van der Waals surface area contributed by atoms with Gasteiger partial charge in [-0.25, -0.2) is 0 Å². The van der Waals surface area contributed by atoms with E-state index in [1.807, 2.05) is 30.3 Å². The van der Waals surface area contributed by atoms with E-state index in [-0.39, 0.29) is 5.78 Å². The summed E-state index contributed by atoms with van der Waals surface area (Å²) in [5.74, 6) is -0.245. The fraction of sp³-hybridized carbons (Fsp3) is 0.333. The van der Waals surface area contributed by atoms with Crippen molar-refractivity contribution < 1.29 is 14.7 Å². The Kier molecular flexibility index (Phi) is 11.8. The second kappa shape index (κ2) is 14.8. The molecule has 4 rings (SSSR count). The second-order valence-electron chi connectivity index (χ2n) is 9.67. The van der Waals surface area contributed by atoms with Crippen molar-refractivity contribution in [3.05, 3.63) is 95.1 Å². The van der Waals surface area contributed by atoms with Gasteiger partial charge in [-0.2, -0.15) is 0 Å².